The van der Waals surface area contributed by atoms with Crippen molar-refractivity contribution in [2.24, 2.45) is 11.8 Å². The molecule has 0 radical (unpaired) electrons. The van der Waals surface area contributed by atoms with Crippen molar-refractivity contribution < 1.29 is 27.5 Å². The molecule has 0 aliphatic carbocycles. The van der Waals surface area contributed by atoms with Gasteiger partial charge in [0.1, 0.15) is 0 Å². The third kappa shape index (κ3) is 6.19. The SMILES string of the molecule is O=C(CCC1CCN(C(=O)C2CCOC2)CC1)NCc1cccc(C(F)(F)F)c1. The van der Waals surface area contributed by atoms with Gasteiger partial charge in [0.25, 0.3) is 0 Å². The zero-order chi connectivity index (χ0) is 20.9. The summed E-state index contributed by atoms with van der Waals surface area (Å²) in [5, 5.41) is 2.70. The third-order valence-electron chi connectivity index (χ3n) is 5.73. The van der Waals surface area contributed by atoms with Crippen molar-refractivity contribution in [1.29, 1.82) is 0 Å². The molecule has 2 amide bonds. The highest BCUT2D eigenvalue weighted by Gasteiger charge is 2.31. The van der Waals surface area contributed by atoms with Crippen LogP contribution in [0.2, 0.25) is 0 Å². The van der Waals surface area contributed by atoms with E-state index in [-0.39, 0.29) is 24.3 Å². The number of hydrogen-bond acceptors (Lipinski definition) is 3. The monoisotopic (exact) mass is 412 g/mol. The number of likely N-dealkylation sites (tertiary alicyclic amines) is 1. The maximum absolute atomic E-state index is 12.7. The van der Waals surface area contributed by atoms with Crippen LogP contribution in [-0.4, -0.2) is 43.0 Å². The molecule has 0 saturated carbocycles. The van der Waals surface area contributed by atoms with Crippen LogP contribution in [0, 0.1) is 11.8 Å². The summed E-state index contributed by atoms with van der Waals surface area (Å²) in [7, 11) is 0. The molecule has 8 heteroatoms. The predicted octanol–water partition coefficient (Wildman–Crippen LogP) is 3.38. The lowest BCUT2D eigenvalue weighted by atomic mass is 9.91. The van der Waals surface area contributed by atoms with Gasteiger partial charge in [-0.25, -0.2) is 0 Å². The van der Waals surface area contributed by atoms with E-state index in [1.807, 2.05) is 4.90 Å². The molecule has 2 saturated heterocycles. The van der Waals surface area contributed by atoms with Crippen molar-refractivity contribution in [2.75, 3.05) is 26.3 Å². The van der Waals surface area contributed by atoms with Gasteiger partial charge in [0, 0.05) is 32.7 Å². The molecular formula is C21H27F3N2O3. The van der Waals surface area contributed by atoms with Crippen LogP contribution < -0.4 is 5.32 Å². The van der Waals surface area contributed by atoms with Crippen molar-refractivity contribution in [1.82, 2.24) is 10.2 Å². The lowest BCUT2D eigenvalue weighted by molar-refractivity contribution is -0.138. The number of amides is 2. The summed E-state index contributed by atoms with van der Waals surface area (Å²) in [6.07, 6.45) is -0.774. The predicted molar refractivity (Wildman–Crippen MR) is 101 cm³/mol. The number of carbonyl (C=O) groups is 2. The van der Waals surface area contributed by atoms with E-state index in [1.54, 1.807) is 6.07 Å². The average Bonchev–Trinajstić information content (AvgIpc) is 3.25. The Bertz CT molecular complexity index is 709. The summed E-state index contributed by atoms with van der Waals surface area (Å²) in [6, 6.07) is 4.99. The van der Waals surface area contributed by atoms with Crippen molar-refractivity contribution in [3.05, 3.63) is 35.4 Å². The number of alkyl halides is 3. The number of ether oxygens (including phenoxy) is 1. The van der Waals surface area contributed by atoms with Crippen LogP contribution >= 0.6 is 0 Å². The number of nitrogens with zero attached hydrogens (tertiary/aromatic N) is 1. The number of carbonyl (C=O) groups excluding carboxylic acids is 2. The molecule has 1 unspecified atom stereocenters. The average molecular weight is 412 g/mol. The minimum Gasteiger partial charge on any atom is -0.381 e. The fraction of sp³-hybridized carbons (Fsp3) is 0.619. The topological polar surface area (TPSA) is 58.6 Å². The highest BCUT2D eigenvalue weighted by atomic mass is 19.4. The molecule has 2 fully saturated rings. The van der Waals surface area contributed by atoms with Crippen LogP contribution in [0.25, 0.3) is 0 Å². The maximum atomic E-state index is 12.7. The molecule has 1 aromatic carbocycles. The van der Waals surface area contributed by atoms with E-state index in [0.29, 0.717) is 44.2 Å². The fourth-order valence-corrected chi connectivity index (χ4v) is 3.91. The van der Waals surface area contributed by atoms with Gasteiger partial charge in [0.15, 0.2) is 0 Å². The van der Waals surface area contributed by atoms with Gasteiger partial charge in [-0.1, -0.05) is 12.1 Å². The Labute approximate surface area is 168 Å². The molecule has 2 aliphatic rings. The van der Waals surface area contributed by atoms with E-state index in [2.05, 4.69) is 5.32 Å². The molecule has 0 bridgehead atoms. The summed E-state index contributed by atoms with van der Waals surface area (Å²) in [5.74, 6) is 0.398. The van der Waals surface area contributed by atoms with Crippen molar-refractivity contribution >= 4 is 11.8 Å². The zero-order valence-corrected chi connectivity index (χ0v) is 16.3. The molecule has 1 aromatic rings. The van der Waals surface area contributed by atoms with Gasteiger partial charge in [0.05, 0.1) is 18.1 Å². The van der Waals surface area contributed by atoms with E-state index >= 15 is 0 Å². The van der Waals surface area contributed by atoms with Crippen molar-refractivity contribution in [3.8, 4) is 0 Å². The maximum Gasteiger partial charge on any atom is 0.416 e. The molecule has 5 nitrogen and oxygen atoms in total. The van der Waals surface area contributed by atoms with E-state index < -0.39 is 11.7 Å². The molecule has 1 N–H and O–H groups in total. The Morgan fingerprint density at radius 2 is 1.93 bits per heavy atom. The quantitative estimate of drug-likeness (QED) is 0.779. The molecule has 160 valence electrons. The van der Waals surface area contributed by atoms with Gasteiger partial charge in [-0.05, 0) is 49.3 Å². The summed E-state index contributed by atoms with van der Waals surface area (Å²) in [6.45, 7) is 2.68. The van der Waals surface area contributed by atoms with Gasteiger partial charge in [0.2, 0.25) is 11.8 Å². The number of piperidine rings is 1. The first-order chi connectivity index (χ1) is 13.8. The summed E-state index contributed by atoms with van der Waals surface area (Å²) in [4.78, 5) is 26.4. The van der Waals surface area contributed by atoms with Crippen LogP contribution in [0.5, 0.6) is 0 Å². The highest BCUT2D eigenvalue weighted by molar-refractivity contribution is 5.79. The lowest BCUT2D eigenvalue weighted by Crippen LogP contribution is -2.42. The second-order valence-electron chi connectivity index (χ2n) is 7.84. The normalized spacial score (nSPS) is 20.7. The lowest BCUT2D eigenvalue weighted by Gasteiger charge is -2.33. The van der Waals surface area contributed by atoms with E-state index in [9.17, 15) is 22.8 Å². The van der Waals surface area contributed by atoms with Gasteiger partial charge >= 0.3 is 6.18 Å². The summed E-state index contributed by atoms with van der Waals surface area (Å²) < 4.78 is 43.5. The largest absolute Gasteiger partial charge is 0.416 e. The van der Waals surface area contributed by atoms with Gasteiger partial charge in [-0.15, -0.1) is 0 Å². The molecule has 3 rings (SSSR count). The first-order valence-electron chi connectivity index (χ1n) is 10.1. The van der Waals surface area contributed by atoms with Gasteiger partial charge < -0.3 is 15.0 Å². The van der Waals surface area contributed by atoms with Gasteiger partial charge in [-0.2, -0.15) is 13.2 Å². The molecule has 2 heterocycles. The number of nitrogens with one attached hydrogen (secondary N) is 1. The molecule has 0 spiro atoms. The number of benzene rings is 1. The van der Waals surface area contributed by atoms with E-state index in [4.69, 9.17) is 4.74 Å². The zero-order valence-electron chi connectivity index (χ0n) is 16.3. The minimum atomic E-state index is -4.39. The van der Waals surface area contributed by atoms with Crippen LogP contribution in [0.15, 0.2) is 24.3 Å². The molecular weight excluding hydrogens is 385 g/mol. The molecule has 1 atom stereocenters. The molecule has 0 aromatic heterocycles. The van der Waals surface area contributed by atoms with E-state index in [1.165, 1.54) is 6.07 Å². The highest BCUT2D eigenvalue weighted by Crippen LogP contribution is 2.29. The van der Waals surface area contributed by atoms with E-state index in [0.717, 1.165) is 37.8 Å². The molecule has 29 heavy (non-hydrogen) atoms. The van der Waals surface area contributed by atoms with Crippen LogP contribution in [0.1, 0.15) is 43.2 Å². The van der Waals surface area contributed by atoms with Crippen LogP contribution in [-0.2, 0) is 27.0 Å². The standard InChI is InChI=1S/C21H27F3N2O3/c22-21(23,24)18-3-1-2-16(12-18)13-25-19(27)5-4-15-6-9-26(10-7-15)20(28)17-8-11-29-14-17/h1-3,12,15,17H,4-11,13-14H2,(H,25,27). The molecule has 2 aliphatic heterocycles. The Morgan fingerprint density at radius 1 is 1.17 bits per heavy atom. The Kier molecular flexibility index (Phi) is 7.16. The van der Waals surface area contributed by atoms with Gasteiger partial charge in [-0.3, -0.25) is 9.59 Å². The van der Waals surface area contributed by atoms with Crippen LogP contribution in [0.4, 0.5) is 13.2 Å². The first kappa shape index (κ1) is 21.6. The smallest absolute Gasteiger partial charge is 0.381 e. The Morgan fingerprint density at radius 3 is 2.59 bits per heavy atom. The Balaban J connectivity index is 1.36. The minimum absolute atomic E-state index is 0.00632. The van der Waals surface area contributed by atoms with Crippen molar-refractivity contribution in [3.63, 3.8) is 0 Å². The second-order valence-corrected chi connectivity index (χ2v) is 7.84. The van der Waals surface area contributed by atoms with Crippen LogP contribution in [0.3, 0.4) is 0 Å². The fourth-order valence-electron chi connectivity index (χ4n) is 3.91. The van der Waals surface area contributed by atoms with Crippen molar-refractivity contribution in [2.45, 2.75) is 44.8 Å². The number of hydrogen-bond donors (Lipinski definition) is 1. The second kappa shape index (κ2) is 9.61. The Hall–Kier alpha value is -2.09. The summed E-state index contributed by atoms with van der Waals surface area (Å²) >= 11 is 0. The number of rotatable bonds is 6. The third-order valence-corrected chi connectivity index (χ3v) is 5.73. The first-order valence-corrected chi connectivity index (χ1v) is 10.1. The summed E-state index contributed by atoms with van der Waals surface area (Å²) in [5.41, 5.74) is -0.286. The number of halogens is 3.